The topological polar surface area (TPSA) is 43.8 Å². The number of nitrogens with zero attached hydrogens (tertiary/aromatic N) is 2. The van der Waals surface area contributed by atoms with Crippen molar-refractivity contribution >= 4 is 5.78 Å². The molecule has 3 aliphatic carbocycles. The summed E-state index contributed by atoms with van der Waals surface area (Å²) in [5.41, 5.74) is 6.50. The second kappa shape index (κ2) is 14.8. The minimum atomic E-state index is -5.57. The minimum absolute atomic E-state index is 0.0240. The Morgan fingerprint density at radius 1 is 0.878 bits per heavy atom. The van der Waals surface area contributed by atoms with Gasteiger partial charge in [-0.15, -0.1) is 0 Å². The van der Waals surface area contributed by atoms with Crippen LogP contribution in [0.1, 0.15) is 80.9 Å². The fourth-order valence-corrected chi connectivity index (χ4v) is 9.04. The fourth-order valence-electron chi connectivity index (χ4n) is 9.04. The van der Waals surface area contributed by atoms with Crippen LogP contribution in [0.5, 0.6) is 0 Å². The number of hydrogen-bond donors (Lipinski definition) is 1. The highest BCUT2D eigenvalue weighted by Crippen LogP contribution is 2.60. The average Bonchev–Trinajstić information content (AvgIpc) is 3.08. The van der Waals surface area contributed by atoms with Gasteiger partial charge in [-0.1, -0.05) is 67.1 Å². The normalized spacial score (nSPS) is 27.1. The van der Waals surface area contributed by atoms with Crippen LogP contribution < -0.4 is 0 Å². The van der Waals surface area contributed by atoms with E-state index < -0.39 is 23.9 Å². The van der Waals surface area contributed by atoms with E-state index in [0.29, 0.717) is 32.1 Å². The maximum absolute atomic E-state index is 13.9. The molecule has 4 atom stereocenters. The number of piperazine rings is 1. The Bertz CT molecular complexity index is 1510. The third-order valence-electron chi connectivity index (χ3n) is 11.8. The molecule has 9 heteroatoms. The van der Waals surface area contributed by atoms with Crippen molar-refractivity contribution in [2.75, 3.05) is 39.3 Å². The molecule has 0 bridgehead atoms. The minimum Gasteiger partial charge on any atom is -0.396 e. The molecule has 4 aliphatic rings. The van der Waals surface area contributed by atoms with Gasteiger partial charge in [0, 0.05) is 64.6 Å². The molecule has 2 aromatic rings. The molecule has 6 rings (SSSR count). The maximum atomic E-state index is 13.9. The summed E-state index contributed by atoms with van der Waals surface area (Å²) in [4.78, 5) is 17.4. The van der Waals surface area contributed by atoms with Crippen LogP contribution in [-0.4, -0.2) is 72.1 Å². The predicted octanol–water partition coefficient (Wildman–Crippen LogP) is 8.51. The van der Waals surface area contributed by atoms with E-state index in [1.165, 1.54) is 22.3 Å². The Balaban J connectivity index is 1.17. The molecule has 1 saturated heterocycles. The van der Waals surface area contributed by atoms with E-state index in [-0.39, 0.29) is 43.0 Å². The van der Waals surface area contributed by atoms with Gasteiger partial charge in [-0.25, -0.2) is 0 Å². The van der Waals surface area contributed by atoms with Gasteiger partial charge >= 0.3 is 12.1 Å². The van der Waals surface area contributed by atoms with E-state index in [2.05, 4.69) is 58.3 Å². The molecular weight excluding hydrogens is 635 g/mol. The number of alkyl halides is 5. The molecule has 0 spiro atoms. The van der Waals surface area contributed by atoms with Gasteiger partial charge in [-0.3, -0.25) is 9.69 Å². The third-order valence-corrected chi connectivity index (χ3v) is 11.8. The van der Waals surface area contributed by atoms with Gasteiger partial charge in [0.15, 0.2) is 5.78 Å². The lowest BCUT2D eigenvalue weighted by atomic mass is 9.51. The molecule has 1 saturated carbocycles. The number of fused-ring (bicyclic) bond motifs is 2. The third kappa shape index (κ3) is 8.04. The smallest absolute Gasteiger partial charge is 0.396 e. The van der Waals surface area contributed by atoms with Crippen LogP contribution in [0.4, 0.5) is 22.0 Å². The van der Waals surface area contributed by atoms with Crippen molar-refractivity contribution in [2.24, 2.45) is 17.3 Å². The first-order valence-electron chi connectivity index (χ1n) is 18.0. The van der Waals surface area contributed by atoms with E-state index in [1.54, 1.807) is 6.08 Å². The predicted molar refractivity (Wildman–Crippen MR) is 181 cm³/mol. The standard InChI is InChI=1S/C40H49F5N2O2/c1-38(27-48)25-35(30-11-9-29(10-12-30)26-47-22-20-46(21-23-47)19-17-28-6-3-2-4-7-28)37-33-16-14-32(49)24-31(33)13-15-34(37)36(38)8-5-18-39(41,42)40(43,44)45/h2-4,6-7,9-12,24,34-36,48H,5,8,13-23,25-27H2,1H3/t34?,35-,36?,38-/m1/s1. The molecule has 266 valence electrons. The lowest BCUT2D eigenvalue weighted by Gasteiger charge is -2.53. The van der Waals surface area contributed by atoms with Gasteiger partial charge in [-0.2, -0.15) is 22.0 Å². The van der Waals surface area contributed by atoms with Crippen LogP contribution in [0.3, 0.4) is 0 Å². The van der Waals surface area contributed by atoms with Crippen LogP contribution in [-0.2, 0) is 17.8 Å². The molecule has 1 N–H and O–H groups in total. The summed E-state index contributed by atoms with van der Waals surface area (Å²) in [6.07, 6.45) is -1.11. The molecule has 2 fully saturated rings. The van der Waals surface area contributed by atoms with Crippen molar-refractivity contribution in [1.29, 1.82) is 0 Å². The molecule has 4 nitrogen and oxygen atoms in total. The first-order valence-corrected chi connectivity index (χ1v) is 18.0. The van der Waals surface area contributed by atoms with Crippen molar-refractivity contribution in [2.45, 2.75) is 89.3 Å². The van der Waals surface area contributed by atoms with Crippen LogP contribution in [0.25, 0.3) is 0 Å². The molecule has 1 aliphatic heterocycles. The highest BCUT2D eigenvalue weighted by Gasteiger charge is 2.57. The second-order valence-corrected chi connectivity index (χ2v) is 15.1. The number of allylic oxidation sites excluding steroid dienone is 4. The Morgan fingerprint density at radius 2 is 1.57 bits per heavy atom. The number of aliphatic hydroxyl groups excluding tert-OH is 1. The van der Waals surface area contributed by atoms with Crippen LogP contribution >= 0.6 is 0 Å². The largest absolute Gasteiger partial charge is 0.453 e. The van der Waals surface area contributed by atoms with Crippen LogP contribution in [0.2, 0.25) is 0 Å². The zero-order valence-corrected chi connectivity index (χ0v) is 28.5. The zero-order chi connectivity index (χ0) is 34.8. The fraction of sp³-hybridized carbons (Fsp3) is 0.575. The summed E-state index contributed by atoms with van der Waals surface area (Å²) < 4.78 is 66.7. The van der Waals surface area contributed by atoms with E-state index >= 15 is 0 Å². The van der Waals surface area contributed by atoms with Gasteiger partial charge in [0.2, 0.25) is 0 Å². The number of rotatable bonds is 11. The monoisotopic (exact) mass is 684 g/mol. The lowest BCUT2D eigenvalue weighted by molar-refractivity contribution is -0.284. The van der Waals surface area contributed by atoms with Gasteiger partial charge in [0.1, 0.15) is 0 Å². The molecule has 0 radical (unpaired) electrons. The Morgan fingerprint density at radius 3 is 2.24 bits per heavy atom. The highest BCUT2D eigenvalue weighted by molar-refractivity contribution is 5.93. The first-order chi connectivity index (χ1) is 23.4. The number of ketones is 1. The summed E-state index contributed by atoms with van der Waals surface area (Å²) in [7, 11) is 0. The number of hydrogen-bond acceptors (Lipinski definition) is 4. The number of aliphatic hydroxyl groups is 1. The molecule has 0 amide bonds. The first kappa shape index (κ1) is 35.9. The van der Waals surface area contributed by atoms with Gasteiger partial charge < -0.3 is 10.0 Å². The van der Waals surface area contributed by atoms with E-state index in [0.717, 1.165) is 56.8 Å². The zero-order valence-electron chi connectivity index (χ0n) is 28.5. The van der Waals surface area contributed by atoms with E-state index in [1.807, 2.05) is 13.0 Å². The number of carbonyl (C=O) groups excluding carboxylic acids is 1. The Kier molecular flexibility index (Phi) is 10.8. The van der Waals surface area contributed by atoms with E-state index in [4.69, 9.17) is 0 Å². The molecule has 2 unspecified atom stereocenters. The molecular formula is C40H49F5N2O2. The molecule has 1 heterocycles. The summed E-state index contributed by atoms with van der Waals surface area (Å²) in [5.74, 6) is -4.93. The molecule has 0 aromatic heterocycles. The van der Waals surface area contributed by atoms with Gasteiger partial charge in [-0.05, 0) is 96.1 Å². The summed E-state index contributed by atoms with van der Waals surface area (Å²) in [6, 6.07) is 19.3. The Hall–Kier alpha value is -2.88. The van der Waals surface area contributed by atoms with Crippen LogP contribution in [0.15, 0.2) is 77.4 Å². The SMILES string of the molecule is C[C@]1(CO)C[C@H](c2ccc(CN3CCN(CCc4ccccc4)CC3)cc2)C2=C3CCC(=O)C=C3CCC2C1CCCC(F)(F)C(F)(F)F. The van der Waals surface area contributed by atoms with Crippen molar-refractivity contribution < 1.29 is 31.9 Å². The molecule has 49 heavy (non-hydrogen) atoms. The number of benzene rings is 2. The quantitative estimate of drug-likeness (QED) is 0.241. The number of halogens is 5. The maximum Gasteiger partial charge on any atom is 0.453 e. The van der Waals surface area contributed by atoms with E-state index in [9.17, 15) is 31.9 Å². The van der Waals surface area contributed by atoms with Crippen molar-refractivity contribution in [3.63, 3.8) is 0 Å². The molecule has 2 aromatic carbocycles. The summed E-state index contributed by atoms with van der Waals surface area (Å²) >= 11 is 0. The van der Waals surface area contributed by atoms with Gasteiger partial charge in [0.25, 0.3) is 0 Å². The Labute approximate surface area is 287 Å². The van der Waals surface area contributed by atoms with Crippen molar-refractivity contribution in [1.82, 2.24) is 9.80 Å². The average molecular weight is 685 g/mol. The van der Waals surface area contributed by atoms with Gasteiger partial charge in [0.05, 0.1) is 0 Å². The number of carbonyl (C=O) groups is 1. The van der Waals surface area contributed by atoms with Crippen LogP contribution in [0, 0.1) is 17.3 Å². The second-order valence-electron chi connectivity index (χ2n) is 15.1. The van der Waals surface area contributed by atoms with Crippen molar-refractivity contribution in [3.05, 3.63) is 94.1 Å². The highest BCUT2D eigenvalue weighted by atomic mass is 19.4. The summed E-state index contributed by atoms with van der Waals surface area (Å²) in [6.45, 7) is 7.83. The summed E-state index contributed by atoms with van der Waals surface area (Å²) in [5, 5.41) is 10.8. The van der Waals surface area contributed by atoms with Crippen molar-refractivity contribution in [3.8, 4) is 0 Å². The lowest BCUT2D eigenvalue weighted by Crippen LogP contribution is -2.46.